The summed E-state index contributed by atoms with van der Waals surface area (Å²) in [5.74, 6) is 2.38. The van der Waals surface area contributed by atoms with Crippen molar-refractivity contribution < 1.29 is 0 Å². The van der Waals surface area contributed by atoms with Crippen molar-refractivity contribution in [1.82, 2.24) is 15.2 Å². The summed E-state index contributed by atoms with van der Waals surface area (Å²) in [6.45, 7) is 6.89. The van der Waals surface area contributed by atoms with Gasteiger partial charge in [0.15, 0.2) is 0 Å². The summed E-state index contributed by atoms with van der Waals surface area (Å²) in [6.07, 6.45) is 4.55. The third-order valence-corrected chi connectivity index (χ3v) is 4.73. The van der Waals surface area contributed by atoms with Gasteiger partial charge in [-0.1, -0.05) is 19.9 Å². The molecule has 2 rings (SSSR count). The number of rotatable bonds is 5. The first-order valence-corrected chi connectivity index (χ1v) is 7.85. The van der Waals surface area contributed by atoms with Crippen LogP contribution >= 0.6 is 0 Å². The van der Waals surface area contributed by atoms with E-state index in [1.54, 1.807) is 0 Å². The van der Waals surface area contributed by atoms with Crippen LogP contribution in [0.25, 0.3) is 0 Å². The number of hydrogen-bond acceptors (Lipinski definition) is 3. The summed E-state index contributed by atoms with van der Waals surface area (Å²) < 4.78 is 0. The van der Waals surface area contributed by atoms with Gasteiger partial charge in [-0.3, -0.25) is 4.98 Å². The van der Waals surface area contributed by atoms with E-state index in [2.05, 4.69) is 55.3 Å². The molecular weight excluding hydrogens is 246 g/mol. The van der Waals surface area contributed by atoms with Crippen molar-refractivity contribution in [3.63, 3.8) is 0 Å². The molecule has 0 amide bonds. The number of hydrogen-bond donors (Lipinski definition) is 1. The summed E-state index contributed by atoms with van der Waals surface area (Å²) in [6, 6.07) is 6.81. The van der Waals surface area contributed by atoms with E-state index in [-0.39, 0.29) is 0 Å². The van der Waals surface area contributed by atoms with Gasteiger partial charge in [0.1, 0.15) is 0 Å². The van der Waals surface area contributed by atoms with E-state index in [1.807, 2.05) is 12.3 Å². The predicted molar refractivity (Wildman–Crippen MR) is 84.5 cm³/mol. The van der Waals surface area contributed by atoms with Crippen LogP contribution in [0.15, 0.2) is 24.4 Å². The lowest BCUT2D eigenvalue weighted by Crippen LogP contribution is -2.47. The number of nitrogens with one attached hydrogen (secondary N) is 1. The third-order valence-electron chi connectivity index (χ3n) is 4.73. The summed E-state index contributed by atoms with van der Waals surface area (Å²) in [5, 5.41) is 3.54. The second-order valence-corrected chi connectivity index (χ2v) is 6.63. The molecule has 1 fully saturated rings. The van der Waals surface area contributed by atoms with Crippen molar-refractivity contribution in [2.45, 2.75) is 39.3 Å². The Bertz CT molecular complexity index is 392. The van der Waals surface area contributed by atoms with E-state index >= 15 is 0 Å². The van der Waals surface area contributed by atoms with Gasteiger partial charge in [-0.25, -0.2) is 0 Å². The SMILES string of the molecule is CNC1CC(C)CC(C)C1CN(C)Cc1ccccn1. The van der Waals surface area contributed by atoms with Crippen LogP contribution in [0, 0.1) is 17.8 Å². The molecule has 0 radical (unpaired) electrons. The van der Waals surface area contributed by atoms with E-state index in [9.17, 15) is 0 Å². The van der Waals surface area contributed by atoms with Crippen LogP contribution < -0.4 is 5.32 Å². The van der Waals surface area contributed by atoms with Gasteiger partial charge in [-0.15, -0.1) is 0 Å². The minimum atomic E-state index is 0.653. The molecule has 1 aliphatic rings. The second kappa shape index (κ2) is 7.19. The Kier molecular flexibility index (Phi) is 5.55. The fourth-order valence-electron chi connectivity index (χ4n) is 3.74. The monoisotopic (exact) mass is 275 g/mol. The van der Waals surface area contributed by atoms with E-state index in [1.165, 1.54) is 12.8 Å². The highest BCUT2D eigenvalue weighted by atomic mass is 15.1. The summed E-state index contributed by atoms with van der Waals surface area (Å²) >= 11 is 0. The van der Waals surface area contributed by atoms with Gasteiger partial charge >= 0.3 is 0 Å². The molecule has 0 bridgehead atoms. The molecular formula is C17H29N3. The van der Waals surface area contributed by atoms with Crippen molar-refractivity contribution in [3.8, 4) is 0 Å². The first-order chi connectivity index (χ1) is 9.60. The molecule has 0 aromatic carbocycles. The Morgan fingerprint density at radius 3 is 2.75 bits per heavy atom. The molecule has 3 nitrogen and oxygen atoms in total. The molecule has 1 aromatic heterocycles. The topological polar surface area (TPSA) is 28.2 Å². The lowest BCUT2D eigenvalue weighted by Gasteiger charge is -2.41. The second-order valence-electron chi connectivity index (χ2n) is 6.63. The van der Waals surface area contributed by atoms with Crippen LogP contribution in [-0.4, -0.2) is 36.6 Å². The maximum Gasteiger partial charge on any atom is 0.0543 e. The standard InChI is InChI=1S/C17H29N3/c1-13-9-14(2)16(17(10-13)18-3)12-20(4)11-15-7-5-6-8-19-15/h5-8,13-14,16-18H,9-12H2,1-4H3. The van der Waals surface area contributed by atoms with Gasteiger partial charge in [-0.05, 0) is 56.8 Å². The highest BCUT2D eigenvalue weighted by Gasteiger charge is 2.33. The molecule has 4 atom stereocenters. The zero-order chi connectivity index (χ0) is 14.5. The minimum Gasteiger partial charge on any atom is -0.317 e. The van der Waals surface area contributed by atoms with E-state index in [0.29, 0.717) is 6.04 Å². The quantitative estimate of drug-likeness (QED) is 0.895. The maximum absolute atomic E-state index is 4.42. The highest BCUT2D eigenvalue weighted by molar-refractivity contribution is 5.03. The zero-order valence-corrected chi connectivity index (χ0v) is 13.3. The molecule has 1 N–H and O–H groups in total. The molecule has 1 saturated carbocycles. The molecule has 4 unspecified atom stereocenters. The minimum absolute atomic E-state index is 0.653. The molecule has 0 spiro atoms. The van der Waals surface area contributed by atoms with Crippen LogP contribution in [-0.2, 0) is 6.54 Å². The summed E-state index contributed by atoms with van der Waals surface area (Å²) in [5.41, 5.74) is 1.16. The Morgan fingerprint density at radius 2 is 2.10 bits per heavy atom. The maximum atomic E-state index is 4.42. The first-order valence-electron chi connectivity index (χ1n) is 7.85. The van der Waals surface area contributed by atoms with Gasteiger partial charge in [0, 0.05) is 25.3 Å². The average Bonchev–Trinajstić information content (AvgIpc) is 2.42. The molecule has 0 aliphatic heterocycles. The fourth-order valence-corrected chi connectivity index (χ4v) is 3.74. The lowest BCUT2D eigenvalue weighted by molar-refractivity contribution is 0.112. The molecule has 3 heteroatoms. The predicted octanol–water partition coefficient (Wildman–Crippen LogP) is 2.78. The molecule has 20 heavy (non-hydrogen) atoms. The first kappa shape index (κ1) is 15.5. The van der Waals surface area contributed by atoms with Crippen LogP contribution in [0.4, 0.5) is 0 Å². The summed E-state index contributed by atoms with van der Waals surface area (Å²) in [4.78, 5) is 6.85. The van der Waals surface area contributed by atoms with Crippen LogP contribution in [0.1, 0.15) is 32.4 Å². The Balaban J connectivity index is 1.93. The van der Waals surface area contributed by atoms with Gasteiger partial charge in [-0.2, -0.15) is 0 Å². The molecule has 112 valence electrons. The van der Waals surface area contributed by atoms with E-state index in [0.717, 1.165) is 36.5 Å². The van der Waals surface area contributed by atoms with Crippen molar-refractivity contribution >= 4 is 0 Å². The van der Waals surface area contributed by atoms with Crippen molar-refractivity contribution in [1.29, 1.82) is 0 Å². The van der Waals surface area contributed by atoms with Gasteiger partial charge in [0.25, 0.3) is 0 Å². The number of pyridine rings is 1. The normalized spacial score (nSPS) is 30.6. The lowest BCUT2D eigenvalue weighted by atomic mass is 9.72. The van der Waals surface area contributed by atoms with Gasteiger partial charge in [0.05, 0.1) is 5.69 Å². The number of nitrogens with zero attached hydrogens (tertiary/aromatic N) is 2. The summed E-state index contributed by atoms with van der Waals surface area (Å²) in [7, 11) is 4.33. The largest absolute Gasteiger partial charge is 0.317 e. The van der Waals surface area contributed by atoms with Crippen LogP contribution in [0.3, 0.4) is 0 Å². The van der Waals surface area contributed by atoms with Crippen LogP contribution in [0.2, 0.25) is 0 Å². The van der Waals surface area contributed by atoms with Gasteiger partial charge < -0.3 is 10.2 Å². The van der Waals surface area contributed by atoms with Gasteiger partial charge in [0.2, 0.25) is 0 Å². The zero-order valence-electron chi connectivity index (χ0n) is 13.3. The Hall–Kier alpha value is -0.930. The molecule has 1 heterocycles. The van der Waals surface area contributed by atoms with Crippen molar-refractivity contribution in [2.75, 3.05) is 20.6 Å². The van der Waals surface area contributed by atoms with Crippen LogP contribution in [0.5, 0.6) is 0 Å². The average molecular weight is 275 g/mol. The molecule has 1 aromatic rings. The van der Waals surface area contributed by atoms with E-state index < -0.39 is 0 Å². The smallest absolute Gasteiger partial charge is 0.0543 e. The van der Waals surface area contributed by atoms with Crippen molar-refractivity contribution in [2.24, 2.45) is 17.8 Å². The molecule has 1 aliphatic carbocycles. The Morgan fingerprint density at radius 1 is 1.30 bits per heavy atom. The highest BCUT2D eigenvalue weighted by Crippen LogP contribution is 2.34. The molecule has 0 saturated heterocycles. The fraction of sp³-hybridized carbons (Fsp3) is 0.706. The number of aromatic nitrogens is 1. The Labute approximate surface area is 123 Å². The van der Waals surface area contributed by atoms with Crippen molar-refractivity contribution in [3.05, 3.63) is 30.1 Å². The third kappa shape index (κ3) is 4.03. The van der Waals surface area contributed by atoms with E-state index in [4.69, 9.17) is 0 Å².